The molecule has 0 N–H and O–H groups in total. The zero-order valence-corrected chi connectivity index (χ0v) is 15.6. The van der Waals surface area contributed by atoms with E-state index in [1.54, 1.807) is 4.90 Å². The van der Waals surface area contributed by atoms with Crippen molar-refractivity contribution in [3.8, 4) is 0 Å². The first-order valence-electron chi connectivity index (χ1n) is 7.57. The van der Waals surface area contributed by atoms with Gasteiger partial charge in [-0.1, -0.05) is 52.3 Å². The van der Waals surface area contributed by atoms with Crippen LogP contribution in [0, 0.1) is 6.92 Å². The van der Waals surface area contributed by atoms with E-state index in [0.717, 1.165) is 21.3 Å². The number of anilines is 1. The molecule has 0 radical (unpaired) electrons. The van der Waals surface area contributed by atoms with Crippen LogP contribution in [0.4, 0.5) is 10.5 Å². The van der Waals surface area contributed by atoms with E-state index < -0.39 is 5.60 Å². The normalized spacial score (nSPS) is 11.2. The van der Waals surface area contributed by atoms with E-state index in [4.69, 9.17) is 4.74 Å². The third-order valence-corrected chi connectivity index (χ3v) is 3.75. The molecular formula is C19H22BrNO2. The van der Waals surface area contributed by atoms with Gasteiger partial charge in [-0.15, -0.1) is 0 Å². The van der Waals surface area contributed by atoms with Gasteiger partial charge in [-0.3, -0.25) is 4.90 Å². The van der Waals surface area contributed by atoms with Gasteiger partial charge < -0.3 is 4.74 Å². The molecule has 1 amide bonds. The molecule has 0 aliphatic heterocycles. The lowest BCUT2D eigenvalue weighted by Crippen LogP contribution is -2.36. The molecule has 0 heterocycles. The van der Waals surface area contributed by atoms with Gasteiger partial charge in [0.15, 0.2) is 0 Å². The van der Waals surface area contributed by atoms with Gasteiger partial charge >= 0.3 is 6.09 Å². The Kier molecular flexibility index (Phi) is 5.47. The van der Waals surface area contributed by atoms with Crippen LogP contribution in [0.2, 0.25) is 0 Å². The van der Waals surface area contributed by atoms with Crippen LogP contribution < -0.4 is 4.90 Å². The molecule has 0 atom stereocenters. The van der Waals surface area contributed by atoms with E-state index in [0.29, 0.717) is 6.54 Å². The first kappa shape index (κ1) is 17.5. The molecule has 0 bridgehead atoms. The lowest BCUT2D eigenvalue weighted by Gasteiger charge is -2.28. The predicted octanol–water partition coefficient (Wildman–Crippen LogP) is 5.70. The van der Waals surface area contributed by atoms with E-state index in [1.807, 2.05) is 76.2 Å². The molecule has 0 spiro atoms. The highest BCUT2D eigenvalue weighted by Crippen LogP contribution is 2.27. The number of rotatable bonds is 3. The minimum absolute atomic E-state index is 0.345. The molecule has 0 unspecified atom stereocenters. The number of carbonyl (C=O) groups excluding carboxylic acids is 1. The van der Waals surface area contributed by atoms with Crippen molar-refractivity contribution in [2.45, 2.75) is 39.8 Å². The van der Waals surface area contributed by atoms with Crippen molar-refractivity contribution in [3.63, 3.8) is 0 Å². The number of ether oxygens (including phenoxy) is 1. The summed E-state index contributed by atoms with van der Waals surface area (Å²) in [6.45, 7) is 8.08. The van der Waals surface area contributed by atoms with E-state index in [1.165, 1.54) is 0 Å². The Balaban J connectivity index is 2.38. The molecule has 3 nitrogen and oxygen atoms in total. The van der Waals surface area contributed by atoms with Crippen LogP contribution in [0.1, 0.15) is 31.9 Å². The third-order valence-electron chi connectivity index (χ3n) is 3.26. The third kappa shape index (κ3) is 5.10. The van der Waals surface area contributed by atoms with Gasteiger partial charge in [-0.2, -0.15) is 0 Å². The van der Waals surface area contributed by atoms with Crippen LogP contribution in [-0.2, 0) is 11.3 Å². The molecule has 0 saturated heterocycles. The highest BCUT2D eigenvalue weighted by Gasteiger charge is 2.24. The van der Waals surface area contributed by atoms with Gasteiger partial charge in [0.05, 0.1) is 12.2 Å². The smallest absolute Gasteiger partial charge is 0.415 e. The van der Waals surface area contributed by atoms with E-state index in [-0.39, 0.29) is 6.09 Å². The van der Waals surface area contributed by atoms with Gasteiger partial charge in [0.25, 0.3) is 0 Å². The summed E-state index contributed by atoms with van der Waals surface area (Å²) in [5.74, 6) is 0. The number of aryl methyl sites for hydroxylation is 1. The average molecular weight is 376 g/mol. The summed E-state index contributed by atoms with van der Waals surface area (Å²) in [7, 11) is 0. The van der Waals surface area contributed by atoms with Crippen LogP contribution >= 0.6 is 15.9 Å². The summed E-state index contributed by atoms with van der Waals surface area (Å²) in [5.41, 5.74) is 2.39. The maximum Gasteiger partial charge on any atom is 0.415 e. The first-order valence-corrected chi connectivity index (χ1v) is 8.36. The lowest BCUT2D eigenvalue weighted by atomic mass is 10.1. The standard InChI is InChI=1S/C19H22BrNO2/c1-14-10-11-16(20)12-17(14)21(18(22)23-19(2,3)4)13-15-8-6-5-7-9-15/h5-12H,13H2,1-4H3. The lowest BCUT2D eigenvalue weighted by molar-refractivity contribution is 0.0577. The Morgan fingerprint density at radius 2 is 1.78 bits per heavy atom. The molecule has 0 aliphatic rings. The number of benzene rings is 2. The van der Waals surface area contributed by atoms with Crippen LogP contribution in [0.3, 0.4) is 0 Å². The number of hydrogen-bond donors (Lipinski definition) is 0. The second-order valence-electron chi connectivity index (χ2n) is 6.48. The minimum Gasteiger partial charge on any atom is -0.443 e. The van der Waals surface area contributed by atoms with Crippen molar-refractivity contribution < 1.29 is 9.53 Å². The topological polar surface area (TPSA) is 29.5 Å². The fraction of sp³-hybridized carbons (Fsp3) is 0.316. The van der Waals surface area contributed by atoms with Gasteiger partial charge in [-0.05, 0) is 51.0 Å². The van der Waals surface area contributed by atoms with Crippen molar-refractivity contribution >= 4 is 27.7 Å². The van der Waals surface area contributed by atoms with Crippen molar-refractivity contribution in [1.29, 1.82) is 0 Å². The number of nitrogens with zero attached hydrogens (tertiary/aromatic N) is 1. The summed E-state index contributed by atoms with van der Waals surface area (Å²) >= 11 is 3.48. The summed E-state index contributed by atoms with van der Waals surface area (Å²) in [6, 6.07) is 15.8. The summed E-state index contributed by atoms with van der Waals surface area (Å²) in [5, 5.41) is 0. The quantitative estimate of drug-likeness (QED) is 0.688. The summed E-state index contributed by atoms with van der Waals surface area (Å²) in [6.07, 6.45) is -0.345. The van der Waals surface area contributed by atoms with Crippen LogP contribution in [0.15, 0.2) is 53.0 Å². The molecule has 23 heavy (non-hydrogen) atoms. The van der Waals surface area contributed by atoms with E-state index in [2.05, 4.69) is 15.9 Å². The average Bonchev–Trinajstić information content (AvgIpc) is 2.47. The van der Waals surface area contributed by atoms with E-state index >= 15 is 0 Å². The minimum atomic E-state index is -0.536. The molecule has 0 saturated carbocycles. The Morgan fingerprint density at radius 1 is 1.13 bits per heavy atom. The number of carbonyl (C=O) groups is 1. The Labute approximate surface area is 146 Å². The Hall–Kier alpha value is -1.81. The Bertz CT molecular complexity index is 678. The fourth-order valence-corrected chi connectivity index (χ4v) is 2.55. The van der Waals surface area contributed by atoms with Gasteiger partial charge in [-0.25, -0.2) is 4.79 Å². The molecule has 2 aromatic carbocycles. The van der Waals surface area contributed by atoms with Crippen LogP contribution in [0.5, 0.6) is 0 Å². The van der Waals surface area contributed by atoms with Crippen LogP contribution in [0.25, 0.3) is 0 Å². The SMILES string of the molecule is Cc1ccc(Br)cc1N(Cc1ccccc1)C(=O)OC(C)(C)C. The largest absolute Gasteiger partial charge is 0.443 e. The van der Waals surface area contributed by atoms with Gasteiger partial charge in [0, 0.05) is 4.47 Å². The maximum atomic E-state index is 12.7. The highest BCUT2D eigenvalue weighted by molar-refractivity contribution is 9.10. The second-order valence-corrected chi connectivity index (χ2v) is 7.40. The van der Waals surface area contributed by atoms with Crippen molar-refractivity contribution in [1.82, 2.24) is 0 Å². The summed E-state index contributed by atoms with van der Waals surface area (Å²) < 4.78 is 6.52. The van der Waals surface area contributed by atoms with Crippen molar-refractivity contribution in [2.75, 3.05) is 4.90 Å². The number of halogens is 1. The molecule has 2 aromatic rings. The molecule has 0 aliphatic carbocycles. The molecule has 0 fully saturated rings. The Morgan fingerprint density at radius 3 is 2.39 bits per heavy atom. The maximum absolute atomic E-state index is 12.7. The molecule has 122 valence electrons. The molecule has 0 aromatic heterocycles. The zero-order chi connectivity index (χ0) is 17.0. The van der Waals surface area contributed by atoms with Crippen LogP contribution in [-0.4, -0.2) is 11.7 Å². The summed E-state index contributed by atoms with van der Waals surface area (Å²) in [4.78, 5) is 14.4. The number of amides is 1. The fourth-order valence-electron chi connectivity index (χ4n) is 2.20. The van der Waals surface area contributed by atoms with Gasteiger partial charge in [0.1, 0.15) is 5.60 Å². The molecular weight excluding hydrogens is 354 g/mol. The number of hydrogen-bond acceptors (Lipinski definition) is 2. The van der Waals surface area contributed by atoms with Crippen molar-refractivity contribution in [3.05, 3.63) is 64.1 Å². The predicted molar refractivity (Wildman–Crippen MR) is 97.7 cm³/mol. The zero-order valence-electron chi connectivity index (χ0n) is 14.0. The van der Waals surface area contributed by atoms with E-state index in [9.17, 15) is 4.79 Å². The highest BCUT2D eigenvalue weighted by atomic mass is 79.9. The van der Waals surface area contributed by atoms with Gasteiger partial charge in [0.2, 0.25) is 0 Å². The van der Waals surface area contributed by atoms with Crippen molar-refractivity contribution in [2.24, 2.45) is 0 Å². The molecule has 2 rings (SSSR count). The first-order chi connectivity index (χ1) is 10.8. The molecule has 4 heteroatoms. The monoisotopic (exact) mass is 375 g/mol. The second kappa shape index (κ2) is 7.18.